The Morgan fingerprint density at radius 2 is 1.94 bits per heavy atom. The number of sulfonamides is 1. The normalized spacial score (nSPS) is 20.4. The smallest absolute Gasteiger partial charge is 0.214 e. The summed E-state index contributed by atoms with van der Waals surface area (Å²) in [4.78, 5) is 0. The molecule has 17 heavy (non-hydrogen) atoms. The molecule has 1 aliphatic rings. The SMILES string of the molecule is CC(CBr)CCCNS(=O)(=O)C1CCCCC1. The zero-order valence-electron chi connectivity index (χ0n) is 10.6. The van der Waals surface area contributed by atoms with Crippen LogP contribution >= 0.6 is 15.9 Å². The molecule has 0 bridgehead atoms. The van der Waals surface area contributed by atoms with Crippen LogP contribution in [0.1, 0.15) is 51.9 Å². The van der Waals surface area contributed by atoms with Gasteiger partial charge in [0, 0.05) is 11.9 Å². The van der Waals surface area contributed by atoms with Gasteiger partial charge in [-0.05, 0) is 31.6 Å². The molecule has 5 heteroatoms. The summed E-state index contributed by atoms with van der Waals surface area (Å²) in [6, 6.07) is 0. The van der Waals surface area contributed by atoms with Crippen molar-refractivity contribution in [2.45, 2.75) is 57.1 Å². The summed E-state index contributed by atoms with van der Waals surface area (Å²) < 4.78 is 26.7. The van der Waals surface area contributed by atoms with Crippen LogP contribution in [0.15, 0.2) is 0 Å². The molecule has 0 aliphatic heterocycles. The Hall–Kier alpha value is 0.390. The van der Waals surface area contributed by atoms with Crippen LogP contribution < -0.4 is 4.72 Å². The molecular formula is C12H24BrNO2S. The third-order valence-electron chi connectivity index (χ3n) is 3.43. The van der Waals surface area contributed by atoms with Crippen molar-refractivity contribution < 1.29 is 8.42 Å². The maximum atomic E-state index is 12.0. The zero-order chi connectivity index (χ0) is 12.7. The summed E-state index contributed by atoms with van der Waals surface area (Å²) in [5.74, 6) is 0.620. The molecule has 0 radical (unpaired) electrons. The first kappa shape index (κ1) is 15.4. The minimum atomic E-state index is -3.05. The van der Waals surface area contributed by atoms with Gasteiger partial charge in [-0.25, -0.2) is 13.1 Å². The molecule has 1 unspecified atom stereocenters. The fourth-order valence-electron chi connectivity index (χ4n) is 2.24. The van der Waals surface area contributed by atoms with E-state index in [1.54, 1.807) is 0 Å². The van der Waals surface area contributed by atoms with Gasteiger partial charge in [0.15, 0.2) is 0 Å². The van der Waals surface area contributed by atoms with E-state index in [4.69, 9.17) is 0 Å². The van der Waals surface area contributed by atoms with E-state index in [9.17, 15) is 8.42 Å². The second kappa shape index (κ2) is 7.74. The van der Waals surface area contributed by atoms with Crippen LogP contribution in [0.3, 0.4) is 0 Å². The molecule has 102 valence electrons. The first-order valence-corrected chi connectivity index (χ1v) is 9.27. The minimum Gasteiger partial charge on any atom is -0.215 e. The van der Waals surface area contributed by atoms with E-state index < -0.39 is 10.0 Å². The van der Waals surface area contributed by atoms with Crippen molar-refractivity contribution in [2.75, 3.05) is 11.9 Å². The lowest BCUT2D eigenvalue weighted by molar-refractivity contribution is 0.475. The van der Waals surface area contributed by atoms with Gasteiger partial charge in [-0.2, -0.15) is 0 Å². The Bertz CT molecular complexity index is 300. The van der Waals surface area contributed by atoms with E-state index in [1.165, 1.54) is 6.42 Å². The van der Waals surface area contributed by atoms with Gasteiger partial charge in [-0.15, -0.1) is 0 Å². The van der Waals surface area contributed by atoms with Crippen LogP contribution in [-0.4, -0.2) is 25.5 Å². The quantitative estimate of drug-likeness (QED) is 0.577. The molecule has 0 aromatic rings. The van der Waals surface area contributed by atoms with Crippen LogP contribution in [0.5, 0.6) is 0 Å². The first-order valence-electron chi connectivity index (χ1n) is 6.60. The van der Waals surface area contributed by atoms with Gasteiger partial charge in [0.05, 0.1) is 5.25 Å². The summed E-state index contributed by atoms with van der Waals surface area (Å²) >= 11 is 3.43. The second-order valence-electron chi connectivity index (χ2n) is 5.10. The Labute approximate surface area is 114 Å². The van der Waals surface area contributed by atoms with E-state index in [0.717, 1.165) is 43.9 Å². The average molecular weight is 326 g/mol. The predicted octanol–water partition coefficient (Wildman–Crippen LogP) is 3.05. The lowest BCUT2D eigenvalue weighted by atomic mass is 10.0. The minimum absolute atomic E-state index is 0.134. The number of nitrogens with one attached hydrogen (secondary N) is 1. The van der Waals surface area contributed by atoms with Gasteiger partial charge in [0.2, 0.25) is 10.0 Å². The van der Waals surface area contributed by atoms with Gasteiger partial charge in [-0.3, -0.25) is 0 Å². The van der Waals surface area contributed by atoms with E-state index >= 15 is 0 Å². The Morgan fingerprint density at radius 3 is 2.53 bits per heavy atom. The molecule has 0 amide bonds. The zero-order valence-corrected chi connectivity index (χ0v) is 13.0. The van der Waals surface area contributed by atoms with Crippen molar-refractivity contribution >= 4 is 26.0 Å². The summed E-state index contributed by atoms with van der Waals surface area (Å²) in [7, 11) is -3.05. The molecule has 3 nitrogen and oxygen atoms in total. The fourth-order valence-corrected chi connectivity index (χ4v) is 4.18. The van der Waals surface area contributed by atoms with Crippen molar-refractivity contribution in [1.82, 2.24) is 4.72 Å². The topological polar surface area (TPSA) is 46.2 Å². The van der Waals surface area contributed by atoms with Crippen LogP contribution in [0, 0.1) is 5.92 Å². The standard InChI is InChI=1S/C12H24BrNO2S/c1-11(10-13)6-5-9-14-17(15,16)12-7-3-2-4-8-12/h11-12,14H,2-10H2,1H3. The molecule has 1 fully saturated rings. The molecule has 0 aromatic heterocycles. The van der Waals surface area contributed by atoms with Crippen molar-refractivity contribution in [3.05, 3.63) is 0 Å². The lowest BCUT2D eigenvalue weighted by Crippen LogP contribution is -2.36. The number of rotatable bonds is 7. The van der Waals surface area contributed by atoms with E-state index in [0.29, 0.717) is 12.5 Å². The summed E-state index contributed by atoms with van der Waals surface area (Å²) in [6.07, 6.45) is 6.99. The highest BCUT2D eigenvalue weighted by atomic mass is 79.9. The van der Waals surface area contributed by atoms with Crippen LogP contribution in [-0.2, 0) is 10.0 Å². The van der Waals surface area contributed by atoms with Gasteiger partial charge in [0.25, 0.3) is 0 Å². The Balaban J connectivity index is 2.24. The number of hydrogen-bond donors (Lipinski definition) is 1. The number of hydrogen-bond acceptors (Lipinski definition) is 2. The average Bonchev–Trinajstić information content (AvgIpc) is 2.35. The fraction of sp³-hybridized carbons (Fsp3) is 1.00. The monoisotopic (exact) mass is 325 g/mol. The Morgan fingerprint density at radius 1 is 1.29 bits per heavy atom. The van der Waals surface area contributed by atoms with Crippen molar-refractivity contribution in [3.63, 3.8) is 0 Å². The highest BCUT2D eigenvalue weighted by Crippen LogP contribution is 2.23. The molecule has 0 aromatic carbocycles. The predicted molar refractivity (Wildman–Crippen MR) is 76.0 cm³/mol. The highest BCUT2D eigenvalue weighted by Gasteiger charge is 2.26. The van der Waals surface area contributed by atoms with Gasteiger partial charge >= 0.3 is 0 Å². The lowest BCUT2D eigenvalue weighted by Gasteiger charge is -2.22. The summed E-state index contributed by atoms with van der Waals surface area (Å²) in [5, 5.41) is 0.854. The van der Waals surface area contributed by atoms with E-state index in [-0.39, 0.29) is 5.25 Å². The molecule has 1 saturated carbocycles. The maximum absolute atomic E-state index is 12.0. The van der Waals surface area contributed by atoms with Crippen LogP contribution in [0.4, 0.5) is 0 Å². The van der Waals surface area contributed by atoms with Gasteiger partial charge < -0.3 is 0 Å². The molecule has 0 saturated heterocycles. The molecule has 1 rings (SSSR count). The third kappa shape index (κ3) is 5.71. The Kier molecular flexibility index (Phi) is 7.04. The molecule has 1 atom stereocenters. The third-order valence-corrected chi connectivity index (χ3v) is 6.49. The molecular weight excluding hydrogens is 302 g/mol. The van der Waals surface area contributed by atoms with E-state index in [1.807, 2.05) is 0 Å². The van der Waals surface area contributed by atoms with E-state index in [2.05, 4.69) is 27.6 Å². The van der Waals surface area contributed by atoms with Crippen LogP contribution in [0.2, 0.25) is 0 Å². The van der Waals surface area contributed by atoms with Gasteiger partial charge in [0.1, 0.15) is 0 Å². The molecule has 0 heterocycles. The molecule has 1 N–H and O–H groups in total. The molecule has 0 spiro atoms. The number of alkyl halides is 1. The molecule has 1 aliphatic carbocycles. The second-order valence-corrected chi connectivity index (χ2v) is 7.79. The van der Waals surface area contributed by atoms with Crippen LogP contribution in [0.25, 0.3) is 0 Å². The maximum Gasteiger partial charge on any atom is 0.214 e. The van der Waals surface area contributed by atoms with Crippen molar-refractivity contribution in [3.8, 4) is 0 Å². The summed E-state index contributed by atoms with van der Waals surface area (Å²) in [6.45, 7) is 2.76. The summed E-state index contributed by atoms with van der Waals surface area (Å²) in [5.41, 5.74) is 0. The highest BCUT2D eigenvalue weighted by molar-refractivity contribution is 9.09. The largest absolute Gasteiger partial charge is 0.215 e. The van der Waals surface area contributed by atoms with Crippen molar-refractivity contribution in [1.29, 1.82) is 0 Å². The first-order chi connectivity index (χ1) is 8.06. The number of halogens is 1. The van der Waals surface area contributed by atoms with Gasteiger partial charge in [-0.1, -0.05) is 42.1 Å². The van der Waals surface area contributed by atoms with Crippen molar-refractivity contribution in [2.24, 2.45) is 5.92 Å².